The molecule has 1 aromatic carbocycles. The lowest BCUT2D eigenvalue weighted by Crippen LogP contribution is -2.32. The Morgan fingerprint density at radius 2 is 1.44 bits per heavy atom. The van der Waals surface area contributed by atoms with Crippen LogP contribution in [0.2, 0.25) is 0 Å². The summed E-state index contributed by atoms with van der Waals surface area (Å²) in [5.74, 6) is 2.19. The molecule has 2 N–H and O–H groups in total. The summed E-state index contributed by atoms with van der Waals surface area (Å²) in [6, 6.07) is 3.79. The van der Waals surface area contributed by atoms with Crippen LogP contribution in [0.3, 0.4) is 0 Å². The van der Waals surface area contributed by atoms with E-state index in [2.05, 4.69) is 0 Å². The van der Waals surface area contributed by atoms with Crippen LogP contribution in [-0.2, 0) is 6.42 Å². The molecule has 0 radical (unpaired) electrons. The molecule has 0 fully saturated rings. The van der Waals surface area contributed by atoms with E-state index in [1.165, 1.54) is 0 Å². The Kier molecular flexibility index (Phi) is 4.84. The van der Waals surface area contributed by atoms with Crippen molar-refractivity contribution in [2.75, 3.05) is 21.3 Å². The molecule has 0 aliphatic carbocycles. The van der Waals surface area contributed by atoms with Gasteiger partial charge in [0.05, 0.1) is 21.3 Å². The van der Waals surface area contributed by atoms with E-state index in [1.54, 1.807) is 21.3 Å². The van der Waals surface area contributed by atoms with Gasteiger partial charge in [0.2, 0.25) is 0 Å². The first kappa shape index (κ1) is 14.6. The first-order chi connectivity index (χ1) is 8.41. The van der Waals surface area contributed by atoms with Gasteiger partial charge in [-0.05, 0) is 38.3 Å². The van der Waals surface area contributed by atoms with Crippen LogP contribution in [-0.4, -0.2) is 26.9 Å². The van der Waals surface area contributed by atoms with E-state index in [-0.39, 0.29) is 5.54 Å². The van der Waals surface area contributed by atoms with E-state index >= 15 is 0 Å². The van der Waals surface area contributed by atoms with E-state index in [0.717, 1.165) is 24.2 Å². The molecule has 0 heterocycles. The van der Waals surface area contributed by atoms with Crippen molar-refractivity contribution in [1.29, 1.82) is 0 Å². The molecule has 0 aliphatic rings. The summed E-state index contributed by atoms with van der Waals surface area (Å²) < 4.78 is 15.9. The third-order valence-electron chi connectivity index (χ3n) is 2.83. The van der Waals surface area contributed by atoms with Crippen LogP contribution in [0.5, 0.6) is 17.2 Å². The van der Waals surface area contributed by atoms with Crippen LogP contribution in [0.15, 0.2) is 12.1 Å². The Balaban J connectivity index is 3.02. The molecular formula is C14H23NO3. The smallest absolute Gasteiger partial charge is 0.164 e. The standard InChI is InChI=1S/C14H23NO3/c1-14(2,15)7-6-10-8-12(17-4)13(18-5)9-11(10)16-3/h8-9H,6-7,15H2,1-5H3. The van der Waals surface area contributed by atoms with E-state index in [1.807, 2.05) is 26.0 Å². The van der Waals surface area contributed by atoms with Crippen molar-refractivity contribution in [3.8, 4) is 17.2 Å². The largest absolute Gasteiger partial charge is 0.496 e. The minimum atomic E-state index is -0.196. The molecule has 4 heteroatoms. The van der Waals surface area contributed by atoms with Gasteiger partial charge in [-0.25, -0.2) is 0 Å². The lowest BCUT2D eigenvalue weighted by Gasteiger charge is -2.20. The average Bonchev–Trinajstić information content (AvgIpc) is 2.34. The number of hydrogen-bond donors (Lipinski definition) is 1. The van der Waals surface area contributed by atoms with Gasteiger partial charge in [0.15, 0.2) is 11.5 Å². The van der Waals surface area contributed by atoms with Gasteiger partial charge in [0.1, 0.15) is 5.75 Å². The monoisotopic (exact) mass is 253 g/mol. The summed E-state index contributed by atoms with van der Waals surface area (Å²) in [6.45, 7) is 4.03. The summed E-state index contributed by atoms with van der Waals surface area (Å²) in [5, 5.41) is 0. The highest BCUT2D eigenvalue weighted by Crippen LogP contribution is 2.35. The van der Waals surface area contributed by atoms with Crippen LogP contribution < -0.4 is 19.9 Å². The van der Waals surface area contributed by atoms with Crippen LogP contribution in [0.1, 0.15) is 25.8 Å². The Hall–Kier alpha value is -1.42. The quantitative estimate of drug-likeness (QED) is 0.845. The molecular weight excluding hydrogens is 230 g/mol. The molecule has 4 nitrogen and oxygen atoms in total. The lowest BCUT2D eigenvalue weighted by molar-refractivity contribution is 0.346. The first-order valence-corrected chi connectivity index (χ1v) is 5.99. The van der Waals surface area contributed by atoms with E-state index in [4.69, 9.17) is 19.9 Å². The highest BCUT2D eigenvalue weighted by molar-refractivity contribution is 5.50. The van der Waals surface area contributed by atoms with Gasteiger partial charge in [-0.3, -0.25) is 0 Å². The Bertz CT molecular complexity index is 397. The van der Waals surface area contributed by atoms with E-state index in [9.17, 15) is 0 Å². The van der Waals surface area contributed by atoms with E-state index in [0.29, 0.717) is 11.5 Å². The molecule has 0 atom stereocenters. The van der Waals surface area contributed by atoms with Crippen LogP contribution >= 0.6 is 0 Å². The van der Waals surface area contributed by atoms with Crippen LogP contribution in [0.4, 0.5) is 0 Å². The topological polar surface area (TPSA) is 53.7 Å². The fraction of sp³-hybridized carbons (Fsp3) is 0.571. The average molecular weight is 253 g/mol. The fourth-order valence-corrected chi connectivity index (χ4v) is 1.74. The minimum Gasteiger partial charge on any atom is -0.496 e. The predicted molar refractivity (Wildman–Crippen MR) is 72.7 cm³/mol. The number of ether oxygens (including phenoxy) is 3. The summed E-state index contributed by atoms with van der Waals surface area (Å²) in [6.07, 6.45) is 1.71. The van der Waals surface area contributed by atoms with Gasteiger partial charge >= 0.3 is 0 Å². The molecule has 1 aromatic rings. The fourth-order valence-electron chi connectivity index (χ4n) is 1.74. The van der Waals surface area contributed by atoms with Crippen LogP contribution in [0, 0.1) is 0 Å². The van der Waals surface area contributed by atoms with Gasteiger partial charge in [-0.15, -0.1) is 0 Å². The summed E-state index contributed by atoms with van der Waals surface area (Å²) in [5.41, 5.74) is 6.89. The highest BCUT2D eigenvalue weighted by Gasteiger charge is 2.15. The van der Waals surface area contributed by atoms with Crippen molar-refractivity contribution < 1.29 is 14.2 Å². The molecule has 0 unspecified atom stereocenters. The second-order valence-corrected chi connectivity index (χ2v) is 5.01. The molecule has 0 saturated carbocycles. The molecule has 0 saturated heterocycles. The molecule has 102 valence electrons. The summed E-state index contributed by atoms with van der Waals surface area (Å²) in [7, 11) is 4.89. The third kappa shape index (κ3) is 3.81. The molecule has 0 aromatic heterocycles. The second-order valence-electron chi connectivity index (χ2n) is 5.01. The van der Waals surface area contributed by atoms with E-state index < -0.39 is 0 Å². The number of aryl methyl sites for hydroxylation is 1. The predicted octanol–water partition coefficient (Wildman–Crippen LogP) is 2.38. The first-order valence-electron chi connectivity index (χ1n) is 5.99. The normalized spacial score (nSPS) is 11.2. The van der Waals surface area contributed by atoms with Gasteiger partial charge in [-0.1, -0.05) is 0 Å². The van der Waals surface area contributed by atoms with Gasteiger partial charge in [0.25, 0.3) is 0 Å². The Morgan fingerprint density at radius 3 is 1.89 bits per heavy atom. The van der Waals surface area contributed by atoms with Gasteiger partial charge < -0.3 is 19.9 Å². The zero-order valence-corrected chi connectivity index (χ0v) is 11.9. The maximum absolute atomic E-state index is 6.00. The third-order valence-corrected chi connectivity index (χ3v) is 2.83. The zero-order chi connectivity index (χ0) is 13.8. The summed E-state index contributed by atoms with van der Waals surface area (Å²) in [4.78, 5) is 0. The SMILES string of the molecule is COc1cc(OC)c(OC)cc1CCC(C)(C)N. The van der Waals surface area contributed by atoms with Crippen LogP contribution in [0.25, 0.3) is 0 Å². The summed E-state index contributed by atoms with van der Waals surface area (Å²) >= 11 is 0. The van der Waals surface area contributed by atoms with Crippen molar-refractivity contribution >= 4 is 0 Å². The maximum atomic E-state index is 6.00. The molecule has 0 bridgehead atoms. The van der Waals surface area contributed by atoms with Crippen molar-refractivity contribution in [3.05, 3.63) is 17.7 Å². The minimum absolute atomic E-state index is 0.196. The number of hydrogen-bond acceptors (Lipinski definition) is 4. The van der Waals surface area contributed by atoms with Gasteiger partial charge in [0, 0.05) is 11.6 Å². The van der Waals surface area contributed by atoms with Crippen molar-refractivity contribution in [2.45, 2.75) is 32.2 Å². The number of rotatable bonds is 6. The molecule has 0 spiro atoms. The zero-order valence-electron chi connectivity index (χ0n) is 11.9. The number of nitrogens with two attached hydrogens (primary N) is 1. The molecule has 0 aliphatic heterocycles. The molecule has 18 heavy (non-hydrogen) atoms. The highest BCUT2D eigenvalue weighted by atomic mass is 16.5. The Labute approximate surface area is 109 Å². The molecule has 1 rings (SSSR count). The molecule has 0 amide bonds. The number of methoxy groups -OCH3 is 3. The Morgan fingerprint density at radius 1 is 0.944 bits per heavy atom. The lowest BCUT2D eigenvalue weighted by atomic mass is 9.96. The number of benzene rings is 1. The van der Waals surface area contributed by atoms with Crippen molar-refractivity contribution in [2.24, 2.45) is 5.73 Å². The second kappa shape index (κ2) is 5.96. The maximum Gasteiger partial charge on any atom is 0.164 e. The van der Waals surface area contributed by atoms with Crippen molar-refractivity contribution in [1.82, 2.24) is 0 Å². The van der Waals surface area contributed by atoms with Crippen molar-refractivity contribution in [3.63, 3.8) is 0 Å². The van der Waals surface area contributed by atoms with Gasteiger partial charge in [-0.2, -0.15) is 0 Å².